The minimum atomic E-state index is -0.483. The maximum absolute atomic E-state index is 11.6. The molecule has 0 aliphatic rings. The molecule has 0 bridgehead atoms. The Balaban J connectivity index is 0.000000622. The van der Waals surface area contributed by atoms with Gasteiger partial charge < -0.3 is 14.2 Å². The lowest BCUT2D eigenvalue weighted by Gasteiger charge is -2.08. The zero-order valence-electron chi connectivity index (χ0n) is 18.9. The molecule has 0 amide bonds. The fourth-order valence-corrected chi connectivity index (χ4v) is 3.60. The highest BCUT2D eigenvalue weighted by molar-refractivity contribution is 8.76. The van der Waals surface area contributed by atoms with E-state index < -0.39 is 11.9 Å². The molecule has 0 N–H and O–H groups in total. The number of ether oxygens (including phenoxy) is 3. The summed E-state index contributed by atoms with van der Waals surface area (Å²) >= 11 is 0. The van der Waals surface area contributed by atoms with Gasteiger partial charge in [-0.1, -0.05) is 45.6 Å². The molecule has 32 heavy (non-hydrogen) atoms. The summed E-state index contributed by atoms with van der Waals surface area (Å²) in [6.45, 7) is 7.11. The van der Waals surface area contributed by atoms with Crippen molar-refractivity contribution in [2.75, 3.05) is 12.4 Å². The third kappa shape index (κ3) is 16.2. The number of rotatable bonds is 11. The summed E-state index contributed by atoms with van der Waals surface area (Å²) < 4.78 is 14.5. The van der Waals surface area contributed by atoms with Gasteiger partial charge >= 0.3 is 17.9 Å². The minimum absolute atomic E-state index is 0.00718. The normalized spacial score (nSPS) is 9.75. The SMILES string of the molecule is C#CCOC(=O)CCC(=O)OC(C)C.C#CCSSCc1ccc(C(=O)OC(C)C)cc1. The third-order valence-corrected chi connectivity index (χ3v) is 5.31. The Bertz CT molecular complexity index is 788. The van der Waals surface area contributed by atoms with Crippen LogP contribution in [0.15, 0.2) is 24.3 Å². The van der Waals surface area contributed by atoms with Gasteiger partial charge in [0.15, 0.2) is 6.61 Å². The van der Waals surface area contributed by atoms with Crippen LogP contribution >= 0.6 is 21.6 Å². The molecular formula is C24H30O6S2. The number of esters is 3. The molecular weight excluding hydrogens is 448 g/mol. The first-order valence-corrected chi connectivity index (χ1v) is 12.4. The van der Waals surface area contributed by atoms with Crippen LogP contribution in [-0.4, -0.2) is 42.5 Å². The van der Waals surface area contributed by atoms with Crippen LogP contribution in [0, 0.1) is 24.7 Å². The molecule has 0 spiro atoms. The van der Waals surface area contributed by atoms with E-state index in [2.05, 4.69) is 16.6 Å². The molecule has 0 aliphatic carbocycles. The Morgan fingerprint density at radius 1 is 0.875 bits per heavy atom. The Kier molecular flexibility index (Phi) is 16.6. The van der Waals surface area contributed by atoms with E-state index in [4.69, 9.17) is 22.3 Å². The largest absolute Gasteiger partial charge is 0.463 e. The van der Waals surface area contributed by atoms with E-state index >= 15 is 0 Å². The first kappa shape index (κ1) is 29.5. The summed E-state index contributed by atoms with van der Waals surface area (Å²) in [4.78, 5) is 33.4. The van der Waals surface area contributed by atoms with Gasteiger partial charge in [0, 0.05) is 5.75 Å². The third-order valence-electron chi connectivity index (χ3n) is 3.20. The summed E-state index contributed by atoms with van der Waals surface area (Å²) in [5.41, 5.74) is 1.76. The van der Waals surface area contributed by atoms with Crippen molar-refractivity contribution in [1.82, 2.24) is 0 Å². The van der Waals surface area contributed by atoms with Gasteiger partial charge in [0.1, 0.15) is 0 Å². The molecule has 1 aromatic carbocycles. The van der Waals surface area contributed by atoms with Gasteiger partial charge in [0.2, 0.25) is 0 Å². The fourth-order valence-electron chi connectivity index (χ4n) is 1.92. The van der Waals surface area contributed by atoms with Gasteiger partial charge in [0.25, 0.3) is 0 Å². The van der Waals surface area contributed by atoms with E-state index in [1.807, 2.05) is 26.0 Å². The molecule has 174 valence electrons. The number of benzene rings is 1. The second-order valence-electron chi connectivity index (χ2n) is 6.78. The lowest BCUT2D eigenvalue weighted by molar-refractivity contribution is -0.152. The van der Waals surface area contributed by atoms with Crippen LogP contribution < -0.4 is 0 Å². The maximum atomic E-state index is 11.6. The minimum Gasteiger partial charge on any atom is -0.463 e. The topological polar surface area (TPSA) is 78.9 Å². The summed E-state index contributed by atoms with van der Waals surface area (Å²) in [7, 11) is 3.37. The second kappa shape index (κ2) is 18.1. The van der Waals surface area contributed by atoms with E-state index in [9.17, 15) is 14.4 Å². The molecule has 0 atom stereocenters. The van der Waals surface area contributed by atoms with Crippen LogP contribution in [0.5, 0.6) is 0 Å². The van der Waals surface area contributed by atoms with E-state index in [1.54, 1.807) is 47.6 Å². The summed E-state index contributed by atoms with van der Waals surface area (Å²) in [5, 5.41) is 0. The van der Waals surface area contributed by atoms with Crippen LogP contribution in [0.4, 0.5) is 0 Å². The molecule has 1 aromatic rings. The molecule has 0 fully saturated rings. The Morgan fingerprint density at radius 2 is 1.47 bits per heavy atom. The summed E-state index contributed by atoms with van der Waals surface area (Å²) in [5.74, 6) is 5.17. The van der Waals surface area contributed by atoms with E-state index in [1.165, 1.54) is 5.56 Å². The predicted octanol–water partition coefficient (Wildman–Crippen LogP) is 4.66. The van der Waals surface area contributed by atoms with Crippen molar-refractivity contribution in [3.63, 3.8) is 0 Å². The molecule has 0 unspecified atom stereocenters. The molecule has 1 rings (SSSR count). The zero-order valence-corrected chi connectivity index (χ0v) is 20.6. The van der Waals surface area contributed by atoms with Crippen molar-refractivity contribution >= 4 is 39.5 Å². The predicted molar refractivity (Wildman–Crippen MR) is 130 cm³/mol. The Labute approximate surface area is 198 Å². The molecule has 0 saturated carbocycles. The lowest BCUT2D eigenvalue weighted by atomic mass is 10.1. The number of carbonyl (C=O) groups excluding carboxylic acids is 3. The van der Waals surface area contributed by atoms with Crippen molar-refractivity contribution in [2.45, 2.75) is 58.5 Å². The van der Waals surface area contributed by atoms with Crippen LogP contribution in [0.25, 0.3) is 0 Å². The Morgan fingerprint density at radius 3 is 2.00 bits per heavy atom. The van der Waals surface area contributed by atoms with Gasteiger partial charge in [-0.05, 0) is 45.4 Å². The molecule has 8 heteroatoms. The second-order valence-corrected chi connectivity index (χ2v) is 9.25. The fraction of sp³-hybridized carbons (Fsp3) is 0.458. The molecule has 6 nitrogen and oxygen atoms in total. The highest BCUT2D eigenvalue weighted by Gasteiger charge is 2.10. The van der Waals surface area contributed by atoms with Gasteiger partial charge in [-0.15, -0.1) is 12.8 Å². The van der Waals surface area contributed by atoms with Crippen LogP contribution in [-0.2, 0) is 29.6 Å². The highest BCUT2D eigenvalue weighted by Crippen LogP contribution is 2.25. The van der Waals surface area contributed by atoms with E-state index in [0.717, 1.165) is 5.75 Å². The Hall–Kier alpha value is -2.55. The molecule has 0 radical (unpaired) electrons. The van der Waals surface area contributed by atoms with E-state index in [-0.39, 0.29) is 37.6 Å². The zero-order chi connectivity index (χ0) is 24.4. The smallest absolute Gasteiger partial charge is 0.338 e. The first-order valence-electron chi connectivity index (χ1n) is 9.95. The number of terminal acetylenes is 2. The monoisotopic (exact) mass is 478 g/mol. The summed E-state index contributed by atoms with van der Waals surface area (Å²) in [6, 6.07) is 7.49. The van der Waals surface area contributed by atoms with Gasteiger partial charge in [0.05, 0.1) is 36.4 Å². The lowest BCUT2D eigenvalue weighted by Crippen LogP contribution is -2.14. The first-order chi connectivity index (χ1) is 15.2. The van der Waals surface area contributed by atoms with Crippen molar-refractivity contribution in [3.8, 4) is 24.7 Å². The average Bonchev–Trinajstić information content (AvgIpc) is 2.73. The quantitative estimate of drug-likeness (QED) is 0.149. The molecule has 0 heterocycles. The van der Waals surface area contributed by atoms with Crippen LogP contribution in [0.2, 0.25) is 0 Å². The number of carbonyl (C=O) groups is 3. The highest BCUT2D eigenvalue weighted by atomic mass is 33.1. The van der Waals surface area contributed by atoms with Crippen LogP contribution in [0.3, 0.4) is 0 Å². The standard InChI is InChI=1S/C14H16O2S2.C10H14O4/c1-4-9-17-18-10-12-5-7-13(8-6-12)14(15)16-11(2)3;1-4-7-13-9(11)5-6-10(12)14-8(2)3/h1,5-8,11H,9-10H2,2-3H3;1,8H,5-7H2,2-3H3. The van der Waals surface area contributed by atoms with E-state index in [0.29, 0.717) is 11.3 Å². The number of hydrogen-bond donors (Lipinski definition) is 0. The van der Waals surface area contributed by atoms with Gasteiger partial charge in [-0.2, -0.15) is 0 Å². The number of hydrogen-bond acceptors (Lipinski definition) is 8. The maximum Gasteiger partial charge on any atom is 0.338 e. The van der Waals surface area contributed by atoms with Crippen molar-refractivity contribution in [1.29, 1.82) is 0 Å². The van der Waals surface area contributed by atoms with Gasteiger partial charge in [-0.3, -0.25) is 9.59 Å². The molecule has 0 aromatic heterocycles. The average molecular weight is 479 g/mol. The van der Waals surface area contributed by atoms with Crippen molar-refractivity contribution in [2.24, 2.45) is 0 Å². The molecule has 0 aliphatic heterocycles. The molecule has 0 saturated heterocycles. The van der Waals surface area contributed by atoms with Crippen molar-refractivity contribution in [3.05, 3.63) is 35.4 Å². The van der Waals surface area contributed by atoms with Crippen molar-refractivity contribution < 1.29 is 28.6 Å². The van der Waals surface area contributed by atoms with Crippen LogP contribution in [0.1, 0.15) is 56.5 Å². The van der Waals surface area contributed by atoms with Gasteiger partial charge in [-0.25, -0.2) is 4.79 Å². The summed E-state index contributed by atoms with van der Waals surface area (Å²) in [6.07, 6.45) is 9.83.